The fourth-order valence-corrected chi connectivity index (χ4v) is 2.16. The van der Waals surface area contributed by atoms with Crippen molar-refractivity contribution in [3.05, 3.63) is 22.1 Å². The number of imidazole rings is 1. The highest BCUT2D eigenvalue weighted by Gasteiger charge is 2.10. The zero-order chi connectivity index (χ0) is 10.3. The second kappa shape index (κ2) is 3.51. The molecule has 0 N–H and O–H groups in total. The Bertz CT molecular complexity index is 478. The molecular formula is C9H9BrClN3. The van der Waals surface area contributed by atoms with Gasteiger partial charge >= 0.3 is 0 Å². The Labute approximate surface area is 95.2 Å². The molecule has 0 aromatic carbocycles. The number of fused-ring (bicyclic) bond motifs is 1. The molecule has 0 saturated heterocycles. The third-order valence-electron chi connectivity index (χ3n) is 2.03. The third-order valence-corrected chi connectivity index (χ3v) is 2.70. The molecule has 0 unspecified atom stereocenters. The van der Waals surface area contributed by atoms with E-state index in [1.54, 1.807) is 6.33 Å². The zero-order valence-corrected chi connectivity index (χ0v) is 10.2. The third kappa shape index (κ3) is 1.53. The SMILES string of the molecule is CC(C)n1cnc2cc(Br)nc(Cl)c21. The largest absolute Gasteiger partial charge is 0.326 e. The standard InChI is InChI=1S/C9H9BrClN3/c1-5(2)14-4-12-6-3-7(10)13-9(11)8(6)14/h3-5H,1-2H3. The first-order valence-electron chi connectivity index (χ1n) is 4.28. The van der Waals surface area contributed by atoms with Gasteiger partial charge in [0.05, 0.1) is 11.8 Å². The van der Waals surface area contributed by atoms with Gasteiger partial charge in [-0.15, -0.1) is 0 Å². The zero-order valence-electron chi connectivity index (χ0n) is 7.83. The molecule has 0 saturated carbocycles. The van der Waals surface area contributed by atoms with E-state index in [2.05, 4.69) is 39.7 Å². The Balaban J connectivity index is 2.79. The van der Waals surface area contributed by atoms with Crippen molar-refractivity contribution in [2.24, 2.45) is 0 Å². The lowest BCUT2D eigenvalue weighted by Gasteiger charge is -2.08. The van der Waals surface area contributed by atoms with E-state index in [-0.39, 0.29) is 0 Å². The topological polar surface area (TPSA) is 30.7 Å². The summed E-state index contributed by atoms with van der Waals surface area (Å²) < 4.78 is 2.72. The molecule has 0 fully saturated rings. The van der Waals surface area contributed by atoms with E-state index >= 15 is 0 Å². The summed E-state index contributed by atoms with van der Waals surface area (Å²) in [5.41, 5.74) is 1.76. The number of rotatable bonds is 1. The van der Waals surface area contributed by atoms with Gasteiger partial charge in [0.1, 0.15) is 10.1 Å². The molecule has 0 radical (unpaired) electrons. The molecule has 0 aliphatic heterocycles. The molecule has 14 heavy (non-hydrogen) atoms. The lowest BCUT2D eigenvalue weighted by atomic mass is 10.3. The van der Waals surface area contributed by atoms with Crippen LogP contribution in [0.3, 0.4) is 0 Å². The van der Waals surface area contributed by atoms with Crippen molar-refractivity contribution < 1.29 is 0 Å². The molecule has 0 spiro atoms. The molecule has 2 aromatic rings. The fourth-order valence-electron chi connectivity index (χ4n) is 1.38. The summed E-state index contributed by atoms with van der Waals surface area (Å²) in [5.74, 6) is 0. The quantitative estimate of drug-likeness (QED) is 0.746. The summed E-state index contributed by atoms with van der Waals surface area (Å²) in [5, 5.41) is 0.487. The van der Waals surface area contributed by atoms with E-state index < -0.39 is 0 Å². The van der Waals surface area contributed by atoms with Crippen LogP contribution in [0.5, 0.6) is 0 Å². The van der Waals surface area contributed by atoms with Gasteiger partial charge in [-0.25, -0.2) is 9.97 Å². The molecule has 2 rings (SSSR count). The van der Waals surface area contributed by atoms with Gasteiger partial charge in [-0.05, 0) is 35.8 Å². The minimum absolute atomic E-state index is 0.334. The summed E-state index contributed by atoms with van der Waals surface area (Å²) in [4.78, 5) is 8.41. The molecule has 74 valence electrons. The van der Waals surface area contributed by atoms with E-state index in [0.717, 1.165) is 11.0 Å². The highest BCUT2D eigenvalue weighted by molar-refractivity contribution is 9.10. The Kier molecular flexibility index (Phi) is 2.49. The Hall–Kier alpha value is -0.610. The lowest BCUT2D eigenvalue weighted by Crippen LogP contribution is -1.99. The number of pyridine rings is 1. The highest BCUT2D eigenvalue weighted by Crippen LogP contribution is 2.26. The van der Waals surface area contributed by atoms with Crippen LogP contribution in [0.2, 0.25) is 5.15 Å². The molecule has 5 heteroatoms. The molecule has 0 amide bonds. The summed E-state index contributed by atoms with van der Waals surface area (Å²) in [7, 11) is 0. The van der Waals surface area contributed by atoms with Crippen molar-refractivity contribution in [2.45, 2.75) is 19.9 Å². The minimum Gasteiger partial charge on any atom is -0.326 e. The average molecular weight is 275 g/mol. The van der Waals surface area contributed by atoms with Crippen LogP contribution in [0.15, 0.2) is 17.0 Å². The Morgan fingerprint density at radius 1 is 1.50 bits per heavy atom. The molecular weight excluding hydrogens is 265 g/mol. The number of halogens is 2. The summed E-state index contributed by atoms with van der Waals surface area (Å²) >= 11 is 9.34. The van der Waals surface area contributed by atoms with E-state index in [4.69, 9.17) is 11.6 Å². The van der Waals surface area contributed by atoms with Crippen LogP contribution in [0.1, 0.15) is 19.9 Å². The molecule has 0 aliphatic carbocycles. The van der Waals surface area contributed by atoms with Crippen LogP contribution in [0, 0.1) is 0 Å². The van der Waals surface area contributed by atoms with E-state index in [1.807, 2.05) is 10.6 Å². The molecule has 2 heterocycles. The van der Waals surface area contributed by atoms with Crippen molar-refractivity contribution in [3.8, 4) is 0 Å². The second-order valence-corrected chi connectivity index (χ2v) is 4.52. The van der Waals surface area contributed by atoms with Gasteiger partial charge in [0, 0.05) is 6.04 Å². The first kappa shape index (κ1) is 9.93. The number of nitrogens with zero attached hydrogens (tertiary/aromatic N) is 3. The molecule has 0 atom stereocenters. The minimum atomic E-state index is 0.334. The predicted molar refractivity (Wildman–Crippen MR) is 60.6 cm³/mol. The summed E-state index contributed by atoms with van der Waals surface area (Å²) in [6, 6.07) is 2.19. The van der Waals surface area contributed by atoms with Gasteiger partial charge in [-0.2, -0.15) is 0 Å². The second-order valence-electron chi connectivity index (χ2n) is 3.35. The fraction of sp³-hybridized carbons (Fsp3) is 0.333. The highest BCUT2D eigenvalue weighted by atomic mass is 79.9. The first-order chi connectivity index (χ1) is 6.59. The first-order valence-corrected chi connectivity index (χ1v) is 5.45. The molecule has 0 bridgehead atoms. The van der Waals surface area contributed by atoms with Gasteiger partial charge in [0.25, 0.3) is 0 Å². The Morgan fingerprint density at radius 3 is 2.86 bits per heavy atom. The van der Waals surface area contributed by atoms with Crippen molar-refractivity contribution in [3.63, 3.8) is 0 Å². The maximum atomic E-state index is 6.05. The van der Waals surface area contributed by atoms with E-state index in [9.17, 15) is 0 Å². The van der Waals surface area contributed by atoms with Crippen molar-refractivity contribution in [2.75, 3.05) is 0 Å². The van der Waals surface area contributed by atoms with Crippen LogP contribution >= 0.6 is 27.5 Å². The smallest absolute Gasteiger partial charge is 0.156 e. The monoisotopic (exact) mass is 273 g/mol. The number of hydrogen-bond acceptors (Lipinski definition) is 2. The van der Waals surface area contributed by atoms with Crippen molar-refractivity contribution in [1.29, 1.82) is 0 Å². The number of hydrogen-bond donors (Lipinski definition) is 0. The predicted octanol–water partition coefficient (Wildman–Crippen LogP) is 3.43. The van der Waals surface area contributed by atoms with Gasteiger partial charge < -0.3 is 4.57 Å². The normalized spacial score (nSPS) is 11.5. The van der Waals surface area contributed by atoms with Gasteiger partial charge in [-0.3, -0.25) is 0 Å². The maximum absolute atomic E-state index is 6.05. The van der Waals surface area contributed by atoms with Crippen LogP contribution in [-0.4, -0.2) is 14.5 Å². The van der Waals surface area contributed by atoms with Gasteiger partial charge in [0.15, 0.2) is 5.15 Å². The summed E-state index contributed by atoms with van der Waals surface area (Å²) in [6.45, 7) is 4.17. The Morgan fingerprint density at radius 2 is 2.21 bits per heavy atom. The van der Waals surface area contributed by atoms with Gasteiger partial charge in [-0.1, -0.05) is 11.6 Å². The summed E-state index contributed by atoms with van der Waals surface area (Å²) in [6.07, 6.45) is 1.79. The van der Waals surface area contributed by atoms with Crippen LogP contribution in [0.4, 0.5) is 0 Å². The van der Waals surface area contributed by atoms with E-state index in [1.165, 1.54) is 0 Å². The average Bonchev–Trinajstić information content (AvgIpc) is 2.47. The maximum Gasteiger partial charge on any atom is 0.156 e. The van der Waals surface area contributed by atoms with E-state index in [0.29, 0.717) is 15.8 Å². The van der Waals surface area contributed by atoms with Crippen molar-refractivity contribution >= 4 is 38.6 Å². The van der Waals surface area contributed by atoms with Crippen molar-refractivity contribution in [1.82, 2.24) is 14.5 Å². The van der Waals surface area contributed by atoms with Crippen LogP contribution in [-0.2, 0) is 0 Å². The molecule has 3 nitrogen and oxygen atoms in total. The molecule has 0 aliphatic rings. The lowest BCUT2D eigenvalue weighted by molar-refractivity contribution is 0.617. The number of aromatic nitrogens is 3. The molecule has 2 aromatic heterocycles. The van der Waals surface area contributed by atoms with Gasteiger partial charge in [0.2, 0.25) is 0 Å². The van der Waals surface area contributed by atoms with Crippen LogP contribution in [0.25, 0.3) is 11.0 Å². The van der Waals surface area contributed by atoms with Crippen LogP contribution < -0.4 is 0 Å².